The van der Waals surface area contributed by atoms with Gasteiger partial charge >= 0.3 is 5.97 Å². The van der Waals surface area contributed by atoms with Crippen LogP contribution in [-0.2, 0) is 9.59 Å². The zero-order chi connectivity index (χ0) is 12.1. The average Bonchev–Trinajstić information content (AvgIpc) is 2.28. The SMILES string of the molecule is CCC[C@H](C)C(=O)N1CCC[C@H](C(=O)O)C1. The molecule has 1 aliphatic heterocycles. The van der Waals surface area contributed by atoms with Crippen LogP contribution < -0.4 is 0 Å². The minimum Gasteiger partial charge on any atom is -0.481 e. The van der Waals surface area contributed by atoms with Gasteiger partial charge in [-0.2, -0.15) is 0 Å². The van der Waals surface area contributed by atoms with Gasteiger partial charge in [-0.1, -0.05) is 20.3 Å². The average molecular weight is 227 g/mol. The number of nitrogens with zero attached hydrogens (tertiary/aromatic N) is 1. The smallest absolute Gasteiger partial charge is 0.308 e. The number of piperidine rings is 1. The van der Waals surface area contributed by atoms with Gasteiger partial charge in [0.15, 0.2) is 0 Å². The van der Waals surface area contributed by atoms with Crippen molar-refractivity contribution < 1.29 is 14.7 Å². The summed E-state index contributed by atoms with van der Waals surface area (Å²) in [5.41, 5.74) is 0. The predicted molar refractivity (Wildman–Crippen MR) is 61.0 cm³/mol. The summed E-state index contributed by atoms with van der Waals surface area (Å²) in [4.78, 5) is 24.6. The number of carboxylic acid groups (broad SMARTS) is 1. The number of aliphatic carboxylic acids is 1. The van der Waals surface area contributed by atoms with E-state index in [-0.39, 0.29) is 17.7 Å². The first kappa shape index (κ1) is 13.0. The maximum Gasteiger partial charge on any atom is 0.308 e. The van der Waals surface area contributed by atoms with Crippen molar-refractivity contribution >= 4 is 11.9 Å². The predicted octanol–water partition coefficient (Wildman–Crippen LogP) is 1.75. The van der Waals surface area contributed by atoms with Gasteiger partial charge in [-0.3, -0.25) is 9.59 Å². The van der Waals surface area contributed by atoms with Crippen LogP contribution in [0.1, 0.15) is 39.5 Å². The van der Waals surface area contributed by atoms with Crippen molar-refractivity contribution in [3.63, 3.8) is 0 Å². The Balaban J connectivity index is 2.53. The van der Waals surface area contributed by atoms with Gasteiger partial charge < -0.3 is 10.0 Å². The first-order chi connectivity index (χ1) is 7.56. The van der Waals surface area contributed by atoms with E-state index < -0.39 is 5.97 Å². The monoisotopic (exact) mass is 227 g/mol. The van der Waals surface area contributed by atoms with E-state index in [2.05, 4.69) is 6.92 Å². The van der Waals surface area contributed by atoms with Crippen molar-refractivity contribution in [2.75, 3.05) is 13.1 Å². The van der Waals surface area contributed by atoms with Gasteiger partial charge in [0.05, 0.1) is 5.92 Å². The Morgan fingerprint density at radius 1 is 1.50 bits per heavy atom. The van der Waals surface area contributed by atoms with E-state index in [9.17, 15) is 9.59 Å². The fourth-order valence-electron chi connectivity index (χ4n) is 2.25. The van der Waals surface area contributed by atoms with Gasteiger partial charge in [-0.25, -0.2) is 0 Å². The molecule has 0 unspecified atom stereocenters. The van der Waals surface area contributed by atoms with E-state index >= 15 is 0 Å². The Labute approximate surface area is 96.6 Å². The number of hydrogen-bond donors (Lipinski definition) is 1. The molecule has 0 aliphatic carbocycles. The first-order valence-electron chi connectivity index (χ1n) is 6.07. The van der Waals surface area contributed by atoms with Crippen LogP contribution in [0, 0.1) is 11.8 Å². The van der Waals surface area contributed by atoms with E-state index in [0.717, 1.165) is 25.8 Å². The van der Waals surface area contributed by atoms with Crippen molar-refractivity contribution in [2.45, 2.75) is 39.5 Å². The zero-order valence-corrected chi connectivity index (χ0v) is 10.1. The third kappa shape index (κ3) is 3.22. The van der Waals surface area contributed by atoms with Gasteiger partial charge in [0.25, 0.3) is 0 Å². The molecular weight excluding hydrogens is 206 g/mol. The molecule has 0 spiro atoms. The summed E-state index contributed by atoms with van der Waals surface area (Å²) in [7, 11) is 0. The Bertz CT molecular complexity index is 265. The molecule has 1 saturated heterocycles. The molecule has 4 heteroatoms. The van der Waals surface area contributed by atoms with E-state index in [1.807, 2.05) is 6.92 Å². The topological polar surface area (TPSA) is 57.6 Å². The second-order valence-corrected chi connectivity index (χ2v) is 4.65. The summed E-state index contributed by atoms with van der Waals surface area (Å²) in [5, 5.41) is 8.94. The molecule has 0 radical (unpaired) electrons. The minimum absolute atomic E-state index is 0.0255. The van der Waals surface area contributed by atoms with E-state index in [1.54, 1.807) is 4.90 Å². The second kappa shape index (κ2) is 5.87. The lowest BCUT2D eigenvalue weighted by Gasteiger charge is -2.32. The number of amides is 1. The molecule has 1 N–H and O–H groups in total. The van der Waals surface area contributed by atoms with Gasteiger partial charge in [-0.05, 0) is 19.3 Å². The summed E-state index contributed by atoms with van der Waals surface area (Å²) in [6, 6.07) is 0. The number of carbonyl (C=O) groups excluding carboxylic acids is 1. The fourth-order valence-corrected chi connectivity index (χ4v) is 2.25. The highest BCUT2D eigenvalue weighted by molar-refractivity contribution is 5.79. The van der Waals surface area contributed by atoms with Crippen LogP contribution in [0.25, 0.3) is 0 Å². The highest BCUT2D eigenvalue weighted by Gasteiger charge is 2.29. The molecule has 0 aromatic rings. The van der Waals surface area contributed by atoms with Gasteiger partial charge in [0, 0.05) is 19.0 Å². The van der Waals surface area contributed by atoms with Crippen molar-refractivity contribution in [1.29, 1.82) is 0 Å². The largest absolute Gasteiger partial charge is 0.481 e. The van der Waals surface area contributed by atoms with Crippen LogP contribution in [0.4, 0.5) is 0 Å². The van der Waals surface area contributed by atoms with E-state index in [0.29, 0.717) is 13.0 Å². The molecule has 1 fully saturated rings. The lowest BCUT2D eigenvalue weighted by atomic mass is 9.96. The number of carbonyl (C=O) groups is 2. The van der Waals surface area contributed by atoms with Crippen LogP contribution in [0.3, 0.4) is 0 Å². The molecule has 0 aromatic carbocycles. The normalized spacial score (nSPS) is 22.9. The van der Waals surface area contributed by atoms with Gasteiger partial charge in [0.1, 0.15) is 0 Å². The lowest BCUT2D eigenvalue weighted by molar-refractivity contribution is -0.146. The molecular formula is C12H21NO3. The van der Waals surface area contributed by atoms with E-state index in [1.165, 1.54) is 0 Å². The molecule has 1 rings (SSSR count). The van der Waals surface area contributed by atoms with Gasteiger partial charge in [0.2, 0.25) is 5.91 Å². The molecule has 4 nitrogen and oxygen atoms in total. The Morgan fingerprint density at radius 2 is 2.19 bits per heavy atom. The van der Waals surface area contributed by atoms with Crippen LogP contribution in [0.15, 0.2) is 0 Å². The molecule has 2 atom stereocenters. The molecule has 1 aliphatic rings. The number of hydrogen-bond acceptors (Lipinski definition) is 2. The molecule has 0 aromatic heterocycles. The molecule has 16 heavy (non-hydrogen) atoms. The van der Waals surface area contributed by atoms with Crippen molar-refractivity contribution in [3.8, 4) is 0 Å². The first-order valence-corrected chi connectivity index (χ1v) is 6.07. The summed E-state index contributed by atoms with van der Waals surface area (Å²) in [5.74, 6) is -1.00. The minimum atomic E-state index is -0.777. The van der Waals surface area contributed by atoms with Crippen LogP contribution in [0.5, 0.6) is 0 Å². The third-order valence-corrected chi connectivity index (χ3v) is 3.23. The zero-order valence-electron chi connectivity index (χ0n) is 10.1. The summed E-state index contributed by atoms with van der Waals surface area (Å²) in [6.45, 7) is 5.09. The summed E-state index contributed by atoms with van der Waals surface area (Å²) in [6.07, 6.45) is 3.37. The quantitative estimate of drug-likeness (QED) is 0.796. The van der Waals surface area contributed by atoms with Gasteiger partial charge in [-0.15, -0.1) is 0 Å². The van der Waals surface area contributed by atoms with Crippen LogP contribution in [-0.4, -0.2) is 35.0 Å². The van der Waals surface area contributed by atoms with E-state index in [4.69, 9.17) is 5.11 Å². The molecule has 1 amide bonds. The van der Waals surface area contributed by atoms with Crippen molar-refractivity contribution in [1.82, 2.24) is 4.90 Å². The Morgan fingerprint density at radius 3 is 2.75 bits per heavy atom. The molecule has 0 bridgehead atoms. The third-order valence-electron chi connectivity index (χ3n) is 3.23. The summed E-state index contributed by atoms with van der Waals surface area (Å²) >= 11 is 0. The lowest BCUT2D eigenvalue weighted by Crippen LogP contribution is -2.44. The second-order valence-electron chi connectivity index (χ2n) is 4.65. The maximum absolute atomic E-state index is 12.0. The number of rotatable bonds is 4. The standard InChI is InChI=1S/C12H21NO3/c1-3-5-9(2)11(14)13-7-4-6-10(8-13)12(15)16/h9-10H,3-8H2,1-2H3,(H,15,16)/t9-,10-/m0/s1. The molecule has 0 saturated carbocycles. The van der Waals surface area contributed by atoms with Crippen LogP contribution >= 0.6 is 0 Å². The Kier molecular flexibility index (Phi) is 4.77. The maximum atomic E-state index is 12.0. The van der Waals surface area contributed by atoms with Crippen molar-refractivity contribution in [3.05, 3.63) is 0 Å². The van der Waals surface area contributed by atoms with Crippen LogP contribution in [0.2, 0.25) is 0 Å². The number of carboxylic acids is 1. The molecule has 92 valence electrons. The fraction of sp³-hybridized carbons (Fsp3) is 0.833. The summed E-state index contributed by atoms with van der Waals surface area (Å²) < 4.78 is 0. The Hall–Kier alpha value is -1.06. The van der Waals surface area contributed by atoms with Crippen molar-refractivity contribution in [2.24, 2.45) is 11.8 Å². The highest BCUT2D eigenvalue weighted by Crippen LogP contribution is 2.19. The number of likely N-dealkylation sites (tertiary alicyclic amines) is 1. The molecule has 1 heterocycles. The highest BCUT2D eigenvalue weighted by atomic mass is 16.4.